The number of likely N-dealkylation sites (N-methyl/N-ethyl adjacent to an activating group) is 1. The maximum absolute atomic E-state index is 12.8. The summed E-state index contributed by atoms with van der Waals surface area (Å²) in [6, 6.07) is 10.1. The molecule has 1 aliphatic heterocycles. The molecule has 8 nitrogen and oxygen atoms in total. The van der Waals surface area contributed by atoms with Gasteiger partial charge < -0.3 is 19.4 Å². The van der Waals surface area contributed by atoms with Crippen LogP contribution in [0.5, 0.6) is 5.75 Å². The van der Waals surface area contributed by atoms with Crippen LogP contribution in [0.3, 0.4) is 0 Å². The van der Waals surface area contributed by atoms with Crippen molar-refractivity contribution in [3.8, 4) is 5.75 Å². The Balaban J connectivity index is 1.69. The summed E-state index contributed by atoms with van der Waals surface area (Å²) < 4.78 is 10.7. The number of furan rings is 1. The molecule has 0 radical (unpaired) electrons. The van der Waals surface area contributed by atoms with Gasteiger partial charge in [0.15, 0.2) is 5.54 Å². The van der Waals surface area contributed by atoms with Gasteiger partial charge in [0.05, 0.1) is 7.11 Å². The number of nitrogens with zero attached hydrogens (tertiary/aromatic N) is 2. The van der Waals surface area contributed by atoms with Crippen molar-refractivity contribution in [2.45, 2.75) is 25.9 Å². The summed E-state index contributed by atoms with van der Waals surface area (Å²) in [7, 11) is 3.19. The number of amides is 4. The van der Waals surface area contributed by atoms with Crippen LogP contribution in [0.25, 0.3) is 0 Å². The van der Waals surface area contributed by atoms with Crippen molar-refractivity contribution < 1.29 is 23.5 Å². The topological polar surface area (TPSA) is 92.1 Å². The molecule has 8 heteroatoms. The average molecular weight is 385 g/mol. The molecule has 1 saturated heterocycles. The lowest BCUT2D eigenvalue weighted by Crippen LogP contribution is -2.43. The normalized spacial score (nSPS) is 18.9. The second-order valence-electron chi connectivity index (χ2n) is 6.96. The lowest BCUT2D eigenvalue weighted by molar-refractivity contribution is -0.138. The molecule has 148 valence electrons. The Morgan fingerprint density at radius 3 is 2.68 bits per heavy atom. The molecular formula is C20H23N3O5. The van der Waals surface area contributed by atoms with Crippen LogP contribution < -0.4 is 10.1 Å². The van der Waals surface area contributed by atoms with E-state index in [0.29, 0.717) is 23.8 Å². The van der Waals surface area contributed by atoms with Gasteiger partial charge in [-0.3, -0.25) is 14.5 Å². The molecule has 1 N–H and O–H groups in total. The van der Waals surface area contributed by atoms with Gasteiger partial charge in [0.25, 0.3) is 5.91 Å². The van der Waals surface area contributed by atoms with Gasteiger partial charge in [0.2, 0.25) is 5.91 Å². The molecular weight excluding hydrogens is 362 g/mol. The van der Waals surface area contributed by atoms with E-state index >= 15 is 0 Å². The third-order valence-electron chi connectivity index (χ3n) is 4.78. The molecule has 28 heavy (non-hydrogen) atoms. The second kappa shape index (κ2) is 7.38. The number of carbonyl (C=O) groups excluding carboxylic acids is 3. The number of nitrogens with one attached hydrogen (secondary N) is 1. The molecule has 1 atom stereocenters. The number of urea groups is 1. The van der Waals surface area contributed by atoms with Crippen molar-refractivity contribution >= 4 is 17.8 Å². The molecule has 1 fully saturated rings. The molecule has 0 bridgehead atoms. The first-order valence-corrected chi connectivity index (χ1v) is 8.82. The van der Waals surface area contributed by atoms with Gasteiger partial charge in [-0.25, -0.2) is 4.79 Å². The summed E-state index contributed by atoms with van der Waals surface area (Å²) in [5.41, 5.74) is -0.444. The van der Waals surface area contributed by atoms with Crippen molar-refractivity contribution in [2.24, 2.45) is 0 Å². The molecule has 4 amide bonds. The number of imide groups is 1. The average Bonchev–Trinajstić information content (AvgIpc) is 3.19. The Bertz CT molecular complexity index is 922. The highest BCUT2D eigenvalue weighted by Crippen LogP contribution is 2.30. The lowest BCUT2D eigenvalue weighted by atomic mass is 9.99. The fraction of sp³-hybridized carbons (Fsp3) is 0.350. The first kappa shape index (κ1) is 19.5. The number of aryl methyl sites for hydroxylation is 1. The van der Waals surface area contributed by atoms with E-state index in [9.17, 15) is 14.4 Å². The predicted octanol–water partition coefficient (Wildman–Crippen LogP) is 2.02. The predicted molar refractivity (Wildman–Crippen MR) is 101 cm³/mol. The molecule has 0 spiro atoms. The molecule has 1 aromatic carbocycles. The minimum atomic E-state index is -1.32. The van der Waals surface area contributed by atoms with E-state index in [4.69, 9.17) is 9.15 Å². The smallest absolute Gasteiger partial charge is 0.325 e. The van der Waals surface area contributed by atoms with Crippen LogP contribution in [0.2, 0.25) is 0 Å². The van der Waals surface area contributed by atoms with Gasteiger partial charge in [-0.05, 0) is 43.7 Å². The van der Waals surface area contributed by atoms with Gasteiger partial charge in [-0.1, -0.05) is 12.1 Å². The monoisotopic (exact) mass is 385 g/mol. The molecule has 3 rings (SSSR count). The van der Waals surface area contributed by atoms with E-state index in [1.807, 2.05) is 24.3 Å². The van der Waals surface area contributed by atoms with Gasteiger partial charge in [-0.2, -0.15) is 0 Å². The molecule has 1 unspecified atom stereocenters. The fourth-order valence-corrected chi connectivity index (χ4v) is 3.10. The number of benzene rings is 1. The Morgan fingerprint density at radius 2 is 2.04 bits per heavy atom. The Labute approximate surface area is 163 Å². The largest absolute Gasteiger partial charge is 0.497 e. The SMILES string of the molecule is COc1cccc(CN(C)C(=O)CN2C(=O)NC(C)(c3ccc(C)o3)C2=O)c1. The number of hydrogen-bond donors (Lipinski definition) is 1. The highest BCUT2D eigenvalue weighted by molar-refractivity contribution is 6.08. The number of rotatable bonds is 6. The van der Waals surface area contributed by atoms with Crippen molar-refractivity contribution in [3.63, 3.8) is 0 Å². The number of methoxy groups -OCH3 is 1. The van der Waals surface area contributed by atoms with Gasteiger partial charge in [0, 0.05) is 13.6 Å². The number of ether oxygens (including phenoxy) is 1. The Hall–Kier alpha value is -3.29. The van der Waals surface area contributed by atoms with Crippen LogP contribution in [0.1, 0.15) is 24.0 Å². The summed E-state index contributed by atoms with van der Waals surface area (Å²) >= 11 is 0. The van der Waals surface area contributed by atoms with Crippen LogP contribution in [0.4, 0.5) is 4.79 Å². The zero-order valence-corrected chi connectivity index (χ0v) is 16.3. The lowest BCUT2D eigenvalue weighted by Gasteiger charge is -2.22. The number of hydrogen-bond acceptors (Lipinski definition) is 5. The van der Waals surface area contributed by atoms with Crippen LogP contribution in [0.15, 0.2) is 40.8 Å². The van der Waals surface area contributed by atoms with Gasteiger partial charge in [-0.15, -0.1) is 0 Å². The molecule has 2 heterocycles. The highest BCUT2D eigenvalue weighted by Gasteiger charge is 2.51. The van der Waals surface area contributed by atoms with E-state index in [1.54, 1.807) is 40.1 Å². The standard InChI is InChI=1S/C20H23N3O5/c1-13-8-9-16(28-13)20(2)18(25)23(19(26)21-20)12-17(24)22(3)11-14-6-5-7-15(10-14)27-4/h5-10H,11-12H2,1-4H3,(H,21,26). The maximum atomic E-state index is 12.8. The summed E-state index contributed by atoms with van der Waals surface area (Å²) in [5.74, 6) is 0.784. The quantitative estimate of drug-likeness (QED) is 0.768. The van der Waals surface area contributed by atoms with Crippen LogP contribution in [0, 0.1) is 6.92 Å². The van der Waals surface area contributed by atoms with E-state index in [0.717, 1.165) is 10.5 Å². The highest BCUT2D eigenvalue weighted by atomic mass is 16.5. The molecule has 0 saturated carbocycles. The zero-order valence-electron chi connectivity index (χ0n) is 16.3. The van der Waals surface area contributed by atoms with Crippen LogP contribution in [-0.2, 0) is 21.7 Å². The number of carbonyl (C=O) groups is 3. The third-order valence-corrected chi connectivity index (χ3v) is 4.78. The van der Waals surface area contributed by atoms with Crippen LogP contribution in [-0.4, -0.2) is 48.3 Å². The minimum Gasteiger partial charge on any atom is -0.497 e. The van der Waals surface area contributed by atoms with Crippen molar-refractivity contribution in [3.05, 3.63) is 53.5 Å². The van der Waals surface area contributed by atoms with Crippen molar-refractivity contribution in [2.75, 3.05) is 20.7 Å². The molecule has 0 aliphatic carbocycles. The van der Waals surface area contributed by atoms with Gasteiger partial charge in [0.1, 0.15) is 23.8 Å². The molecule has 1 aliphatic rings. The summed E-state index contributed by atoms with van der Waals surface area (Å²) in [4.78, 5) is 40.2. The first-order valence-electron chi connectivity index (χ1n) is 8.82. The third kappa shape index (κ3) is 3.58. The first-order chi connectivity index (χ1) is 13.2. The second-order valence-corrected chi connectivity index (χ2v) is 6.96. The molecule has 2 aromatic rings. The Morgan fingerprint density at radius 1 is 1.29 bits per heavy atom. The minimum absolute atomic E-state index is 0.328. The van der Waals surface area contributed by atoms with Crippen molar-refractivity contribution in [1.29, 1.82) is 0 Å². The van der Waals surface area contributed by atoms with E-state index in [1.165, 1.54) is 4.90 Å². The maximum Gasteiger partial charge on any atom is 0.325 e. The Kier molecular flexibility index (Phi) is 5.13. The van der Waals surface area contributed by atoms with Gasteiger partial charge >= 0.3 is 6.03 Å². The summed E-state index contributed by atoms with van der Waals surface area (Å²) in [6.45, 7) is 3.30. The molecule has 1 aromatic heterocycles. The zero-order chi connectivity index (χ0) is 20.5. The van der Waals surface area contributed by atoms with E-state index < -0.39 is 17.5 Å². The summed E-state index contributed by atoms with van der Waals surface area (Å²) in [6.07, 6.45) is 0. The van der Waals surface area contributed by atoms with E-state index in [-0.39, 0.29) is 12.5 Å². The van der Waals surface area contributed by atoms with E-state index in [2.05, 4.69) is 5.32 Å². The van der Waals surface area contributed by atoms with Crippen molar-refractivity contribution in [1.82, 2.24) is 15.1 Å². The van der Waals surface area contributed by atoms with Crippen LogP contribution >= 0.6 is 0 Å². The fourth-order valence-electron chi connectivity index (χ4n) is 3.10. The summed E-state index contributed by atoms with van der Waals surface area (Å²) in [5, 5.41) is 2.63.